The van der Waals surface area contributed by atoms with Gasteiger partial charge >= 0.3 is 6.09 Å². The minimum absolute atomic E-state index is 0.147. The third-order valence-electron chi connectivity index (χ3n) is 5.99. The van der Waals surface area contributed by atoms with Crippen LogP contribution in [0.2, 0.25) is 0 Å². The third-order valence-corrected chi connectivity index (χ3v) is 5.99. The number of carboxylic acid groups (broad SMARTS) is 1. The van der Waals surface area contributed by atoms with Crippen molar-refractivity contribution in [1.82, 2.24) is 14.7 Å². The molecule has 1 spiro atoms. The molecule has 0 unspecified atom stereocenters. The van der Waals surface area contributed by atoms with Gasteiger partial charge in [-0.3, -0.25) is 9.48 Å². The number of likely N-dealkylation sites (tertiary alicyclic amines) is 1. The number of fused-ring (bicyclic) bond motifs is 1. The Bertz CT molecular complexity index is 652. The number of amides is 1. The van der Waals surface area contributed by atoms with E-state index in [1.165, 1.54) is 4.90 Å². The molecule has 6 heteroatoms. The number of hydrogen-bond donors (Lipinski definition) is 1. The second-order valence-corrected chi connectivity index (χ2v) is 7.74. The first-order chi connectivity index (χ1) is 10.7. The molecule has 3 rings (SSSR count). The van der Waals surface area contributed by atoms with Crippen LogP contribution in [0.4, 0.5) is 4.79 Å². The van der Waals surface area contributed by atoms with Gasteiger partial charge in [-0.15, -0.1) is 0 Å². The average Bonchev–Trinajstić information content (AvgIpc) is 2.89. The first kappa shape index (κ1) is 16.0. The number of piperidine rings is 1. The molecule has 1 saturated heterocycles. The normalized spacial score (nSPS) is 22.5. The van der Waals surface area contributed by atoms with E-state index < -0.39 is 11.5 Å². The lowest BCUT2D eigenvalue weighted by molar-refractivity contribution is -0.0000872. The van der Waals surface area contributed by atoms with Crippen LogP contribution in [0.5, 0.6) is 0 Å². The minimum Gasteiger partial charge on any atom is -0.465 e. The quantitative estimate of drug-likeness (QED) is 0.863. The highest BCUT2D eigenvalue weighted by molar-refractivity contribution is 6.01. The van der Waals surface area contributed by atoms with Gasteiger partial charge in [0, 0.05) is 30.1 Å². The summed E-state index contributed by atoms with van der Waals surface area (Å²) in [6, 6.07) is 0.154. The standard InChI is InChI=1S/C17H25N3O3/c1-11(2)20-13-12(10-18-20)9-17(16(3,4)14(13)21)5-7-19(8-6-17)15(22)23/h10-11H,5-9H2,1-4H3,(H,22,23). The molecule has 1 amide bonds. The Morgan fingerprint density at radius 1 is 1.30 bits per heavy atom. The van der Waals surface area contributed by atoms with Crippen LogP contribution >= 0.6 is 0 Å². The number of rotatable bonds is 1. The summed E-state index contributed by atoms with van der Waals surface area (Å²) in [5, 5.41) is 13.6. The van der Waals surface area contributed by atoms with E-state index in [0.717, 1.165) is 30.5 Å². The van der Waals surface area contributed by atoms with Gasteiger partial charge in [0.15, 0.2) is 5.78 Å². The molecule has 1 aliphatic carbocycles. The summed E-state index contributed by atoms with van der Waals surface area (Å²) in [6.45, 7) is 9.10. The van der Waals surface area contributed by atoms with E-state index in [1.54, 1.807) is 0 Å². The van der Waals surface area contributed by atoms with Crippen LogP contribution in [0.15, 0.2) is 6.20 Å². The maximum absolute atomic E-state index is 13.2. The molecule has 0 radical (unpaired) electrons. The van der Waals surface area contributed by atoms with Gasteiger partial charge in [0.05, 0.1) is 6.20 Å². The molecule has 0 bridgehead atoms. The Balaban J connectivity index is 1.99. The third kappa shape index (κ3) is 2.18. The largest absolute Gasteiger partial charge is 0.465 e. The van der Waals surface area contributed by atoms with Gasteiger partial charge in [-0.2, -0.15) is 5.10 Å². The number of Topliss-reactive ketones (excluding diaryl/α,β-unsaturated/α-hetero) is 1. The van der Waals surface area contributed by atoms with Crippen molar-refractivity contribution in [3.63, 3.8) is 0 Å². The van der Waals surface area contributed by atoms with Gasteiger partial charge in [0.25, 0.3) is 0 Å². The van der Waals surface area contributed by atoms with E-state index in [9.17, 15) is 14.7 Å². The molecular formula is C17H25N3O3. The molecule has 23 heavy (non-hydrogen) atoms. The molecule has 126 valence electrons. The van der Waals surface area contributed by atoms with Gasteiger partial charge in [-0.05, 0) is 38.5 Å². The van der Waals surface area contributed by atoms with Crippen LogP contribution in [0, 0.1) is 10.8 Å². The first-order valence-electron chi connectivity index (χ1n) is 8.29. The molecule has 6 nitrogen and oxygen atoms in total. The number of hydrogen-bond acceptors (Lipinski definition) is 3. The molecule has 1 N–H and O–H groups in total. The number of aromatic nitrogens is 2. The number of carbonyl (C=O) groups excluding carboxylic acids is 1. The van der Waals surface area contributed by atoms with Gasteiger partial charge in [0.2, 0.25) is 0 Å². The van der Waals surface area contributed by atoms with E-state index in [0.29, 0.717) is 13.1 Å². The van der Waals surface area contributed by atoms with E-state index in [4.69, 9.17) is 0 Å². The van der Waals surface area contributed by atoms with Crippen molar-refractivity contribution in [3.8, 4) is 0 Å². The van der Waals surface area contributed by atoms with Crippen LogP contribution in [-0.4, -0.2) is 44.8 Å². The molecule has 0 saturated carbocycles. The van der Waals surface area contributed by atoms with Crippen LogP contribution in [-0.2, 0) is 6.42 Å². The van der Waals surface area contributed by atoms with E-state index in [1.807, 2.05) is 38.6 Å². The number of carbonyl (C=O) groups is 2. The fourth-order valence-electron chi connectivity index (χ4n) is 4.22. The second-order valence-electron chi connectivity index (χ2n) is 7.74. The highest BCUT2D eigenvalue weighted by Crippen LogP contribution is 2.54. The lowest BCUT2D eigenvalue weighted by Crippen LogP contribution is -2.55. The van der Waals surface area contributed by atoms with E-state index in [-0.39, 0.29) is 17.2 Å². The Morgan fingerprint density at radius 2 is 1.91 bits per heavy atom. The molecule has 1 aromatic rings. The SMILES string of the molecule is CC(C)n1ncc2c1C(=O)C(C)(C)C1(CCN(C(=O)O)CC1)C2. The predicted octanol–water partition coefficient (Wildman–Crippen LogP) is 2.99. The topological polar surface area (TPSA) is 75.4 Å². The molecule has 1 aliphatic heterocycles. The van der Waals surface area contributed by atoms with Crippen LogP contribution in [0.25, 0.3) is 0 Å². The summed E-state index contributed by atoms with van der Waals surface area (Å²) >= 11 is 0. The Kier molecular flexibility index (Phi) is 3.54. The highest BCUT2D eigenvalue weighted by Gasteiger charge is 2.55. The van der Waals surface area contributed by atoms with E-state index in [2.05, 4.69) is 5.10 Å². The molecule has 1 aromatic heterocycles. The van der Waals surface area contributed by atoms with Crippen molar-refractivity contribution in [2.75, 3.05) is 13.1 Å². The van der Waals surface area contributed by atoms with Crippen LogP contribution < -0.4 is 0 Å². The summed E-state index contributed by atoms with van der Waals surface area (Å²) in [5.74, 6) is 0.147. The van der Waals surface area contributed by atoms with Crippen LogP contribution in [0.1, 0.15) is 62.6 Å². The minimum atomic E-state index is -0.867. The summed E-state index contributed by atoms with van der Waals surface area (Å²) in [4.78, 5) is 25.9. The second kappa shape index (κ2) is 5.08. The molecule has 2 heterocycles. The fraction of sp³-hybridized carbons (Fsp3) is 0.706. The Hall–Kier alpha value is -1.85. The zero-order chi connectivity index (χ0) is 17.0. The number of ketones is 1. The average molecular weight is 319 g/mol. The lowest BCUT2D eigenvalue weighted by atomic mass is 9.53. The maximum atomic E-state index is 13.2. The maximum Gasteiger partial charge on any atom is 0.407 e. The van der Waals surface area contributed by atoms with Gasteiger partial charge in [-0.1, -0.05) is 13.8 Å². The zero-order valence-electron chi connectivity index (χ0n) is 14.3. The van der Waals surface area contributed by atoms with Crippen molar-refractivity contribution in [1.29, 1.82) is 0 Å². The molecular weight excluding hydrogens is 294 g/mol. The van der Waals surface area contributed by atoms with E-state index >= 15 is 0 Å². The van der Waals surface area contributed by atoms with Crippen molar-refractivity contribution in [2.45, 2.75) is 53.0 Å². The van der Waals surface area contributed by atoms with Gasteiger partial charge in [0.1, 0.15) is 5.69 Å². The monoisotopic (exact) mass is 319 g/mol. The van der Waals surface area contributed by atoms with Crippen molar-refractivity contribution < 1.29 is 14.7 Å². The van der Waals surface area contributed by atoms with Crippen molar-refractivity contribution in [2.24, 2.45) is 10.8 Å². The predicted molar refractivity (Wildman–Crippen MR) is 85.7 cm³/mol. The molecule has 0 atom stereocenters. The Morgan fingerprint density at radius 3 is 2.43 bits per heavy atom. The summed E-state index contributed by atoms with van der Waals surface area (Å²) in [5.41, 5.74) is 1.09. The van der Waals surface area contributed by atoms with Crippen LogP contribution in [0.3, 0.4) is 0 Å². The molecule has 1 fully saturated rings. The first-order valence-corrected chi connectivity index (χ1v) is 8.29. The number of nitrogens with zero attached hydrogens (tertiary/aromatic N) is 3. The Labute approximate surface area is 136 Å². The summed E-state index contributed by atoms with van der Waals surface area (Å²) < 4.78 is 1.83. The summed E-state index contributed by atoms with van der Waals surface area (Å²) in [6.07, 6.45) is 3.22. The fourth-order valence-corrected chi connectivity index (χ4v) is 4.22. The highest BCUT2D eigenvalue weighted by atomic mass is 16.4. The lowest BCUT2D eigenvalue weighted by Gasteiger charge is -2.52. The summed E-state index contributed by atoms with van der Waals surface area (Å²) in [7, 11) is 0. The molecule has 2 aliphatic rings. The zero-order valence-corrected chi connectivity index (χ0v) is 14.3. The van der Waals surface area contributed by atoms with Crippen molar-refractivity contribution >= 4 is 11.9 Å². The van der Waals surface area contributed by atoms with Gasteiger partial charge < -0.3 is 10.0 Å². The van der Waals surface area contributed by atoms with Crippen molar-refractivity contribution in [3.05, 3.63) is 17.5 Å². The smallest absolute Gasteiger partial charge is 0.407 e. The van der Waals surface area contributed by atoms with Gasteiger partial charge in [-0.25, -0.2) is 4.79 Å². The molecule has 0 aromatic carbocycles.